The maximum atomic E-state index is 2.49. The number of fused-ring (bicyclic) bond motifs is 10. The Hall–Kier alpha value is -5.18. The normalized spacial score (nSPS) is 11.8. The highest BCUT2D eigenvalue weighted by Gasteiger charge is 2.22. The minimum atomic E-state index is 1.18. The highest BCUT2D eigenvalue weighted by Crippen LogP contribution is 2.49. The molecule has 0 spiro atoms. The molecule has 1 nitrogen and oxygen atoms in total. The number of hydrogen-bond acceptors (Lipinski definition) is 1. The lowest BCUT2D eigenvalue weighted by molar-refractivity contribution is 1.19. The van der Waals surface area contributed by atoms with E-state index >= 15 is 0 Å². The largest absolute Gasteiger partial charge is 0.309 e. The quantitative estimate of drug-likeness (QED) is 0.206. The summed E-state index contributed by atoms with van der Waals surface area (Å²) >= 11 is 1.91. The molecule has 0 amide bonds. The molecule has 0 bridgehead atoms. The number of nitrogens with zero attached hydrogens (tertiary/aromatic N) is 1. The van der Waals surface area contributed by atoms with Crippen molar-refractivity contribution in [3.63, 3.8) is 0 Å². The van der Waals surface area contributed by atoms with Crippen LogP contribution in [-0.2, 0) is 0 Å². The van der Waals surface area contributed by atoms with Crippen molar-refractivity contribution in [3.05, 3.63) is 152 Å². The number of rotatable bonds is 3. The lowest BCUT2D eigenvalue weighted by Gasteiger charge is -2.11. The van der Waals surface area contributed by atoms with E-state index in [2.05, 4.69) is 156 Å². The SMILES string of the molecule is c1ccc(-c2ccc3sc4c5ccccc5c5c(c6ccc(-c7ccccc7)cc6n5-c5ccccc5)c4c3c2)cc1. The summed E-state index contributed by atoms with van der Waals surface area (Å²) in [6.45, 7) is 0. The van der Waals surface area contributed by atoms with Crippen molar-refractivity contribution in [1.29, 1.82) is 0 Å². The molecule has 9 aromatic rings. The fourth-order valence-electron chi connectivity index (χ4n) is 6.68. The Balaban J connectivity index is 1.51. The zero-order valence-corrected chi connectivity index (χ0v) is 23.6. The van der Waals surface area contributed by atoms with Crippen LogP contribution in [0.2, 0.25) is 0 Å². The molecule has 2 heteroatoms. The number of aromatic nitrogens is 1. The molecule has 2 aromatic heterocycles. The Bertz CT molecular complexity index is 2430. The molecule has 42 heavy (non-hydrogen) atoms. The van der Waals surface area contributed by atoms with Crippen molar-refractivity contribution < 1.29 is 0 Å². The van der Waals surface area contributed by atoms with Gasteiger partial charge < -0.3 is 4.57 Å². The molecule has 0 atom stereocenters. The maximum Gasteiger partial charge on any atom is 0.0626 e. The van der Waals surface area contributed by atoms with E-state index in [0.29, 0.717) is 0 Å². The molecular weight excluding hydrogens is 527 g/mol. The first-order chi connectivity index (χ1) is 20.8. The summed E-state index contributed by atoms with van der Waals surface area (Å²) in [5, 5.41) is 7.90. The number of thiophene rings is 1. The minimum Gasteiger partial charge on any atom is -0.309 e. The molecule has 0 saturated carbocycles. The van der Waals surface area contributed by atoms with E-state index in [0.717, 1.165) is 0 Å². The van der Waals surface area contributed by atoms with Crippen LogP contribution < -0.4 is 0 Å². The first kappa shape index (κ1) is 23.5. The summed E-state index contributed by atoms with van der Waals surface area (Å²) in [7, 11) is 0. The Labute approximate surface area is 247 Å². The van der Waals surface area contributed by atoms with E-state index < -0.39 is 0 Å². The summed E-state index contributed by atoms with van der Waals surface area (Å²) in [5.41, 5.74) is 8.63. The van der Waals surface area contributed by atoms with Crippen LogP contribution in [0.1, 0.15) is 0 Å². The molecule has 0 aliphatic carbocycles. The molecule has 0 radical (unpaired) electrons. The second-order valence-electron chi connectivity index (χ2n) is 10.9. The van der Waals surface area contributed by atoms with Gasteiger partial charge in [0.15, 0.2) is 0 Å². The third-order valence-electron chi connectivity index (χ3n) is 8.56. The molecule has 9 rings (SSSR count). The summed E-state index contributed by atoms with van der Waals surface area (Å²) < 4.78 is 5.17. The summed E-state index contributed by atoms with van der Waals surface area (Å²) in [5.74, 6) is 0. The van der Waals surface area contributed by atoms with Gasteiger partial charge >= 0.3 is 0 Å². The van der Waals surface area contributed by atoms with Crippen LogP contribution in [-0.4, -0.2) is 4.57 Å². The van der Waals surface area contributed by atoms with Crippen LogP contribution in [0.3, 0.4) is 0 Å². The molecule has 0 saturated heterocycles. The number of para-hydroxylation sites is 1. The van der Waals surface area contributed by atoms with Crippen molar-refractivity contribution in [2.75, 3.05) is 0 Å². The van der Waals surface area contributed by atoms with Gasteiger partial charge in [-0.2, -0.15) is 0 Å². The zero-order chi connectivity index (χ0) is 27.6. The number of hydrogen-bond donors (Lipinski definition) is 0. The van der Waals surface area contributed by atoms with Crippen LogP contribution in [0.15, 0.2) is 152 Å². The van der Waals surface area contributed by atoms with E-state index in [1.807, 2.05) is 11.3 Å². The van der Waals surface area contributed by atoms with E-state index in [4.69, 9.17) is 0 Å². The van der Waals surface area contributed by atoms with Gasteiger partial charge in [0.1, 0.15) is 0 Å². The Morgan fingerprint density at radius 3 is 1.71 bits per heavy atom. The van der Waals surface area contributed by atoms with E-state index in [9.17, 15) is 0 Å². The van der Waals surface area contributed by atoms with E-state index in [-0.39, 0.29) is 0 Å². The molecule has 0 aliphatic rings. The highest BCUT2D eigenvalue weighted by molar-refractivity contribution is 7.27. The molecule has 7 aromatic carbocycles. The topological polar surface area (TPSA) is 4.93 Å². The van der Waals surface area contributed by atoms with Crippen LogP contribution in [0.5, 0.6) is 0 Å². The summed E-state index contributed by atoms with van der Waals surface area (Å²) in [4.78, 5) is 0. The second kappa shape index (κ2) is 9.17. The lowest BCUT2D eigenvalue weighted by atomic mass is 9.97. The van der Waals surface area contributed by atoms with Crippen molar-refractivity contribution in [3.8, 4) is 27.9 Å². The van der Waals surface area contributed by atoms with Gasteiger partial charge in [-0.1, -0.05) is 121 Å². The highest BCUT2D eigenvalue weighted by atomic mass is 32.1. The van der Waals surface area contributed by atoms with E-state index in [1.54, 1.807) is 0 Å². The van der Waals surface area contributed by atoms with Crippen LogP contribution in [0.4, 0.5) is 0 Å². The third-order valence-corrected chi connectivity index (χ3v) is 9.77. The van der Waals surface area contributed by atoms with Crippen molar-refractivity contribution in [2.24, 2.45) is 0 Å². The second-order valence-corrected chi connectivity index (χ2v) is 12.0. The van der Waals surface area contributed by atoms with Crippen LogP contribution in [0, 0.1) is 0 Å². The third kappa shape index (κ3) is 3.43. The fraction of sp³-hybridized carbons (Fsp3) is 0. The van der Waals surface area contributed by atoms with Crippen molar-refractivity contribution in [1.82, 2.24) is 4.57 Å². The first-order valence-electron chi connectivity index (χ1n) is 14.4. The van der Waals surface area contributed by atoms with Gasteiger partial charge in [0.2, 0.25) is 0 Å². The van der Waals surface area contributed by atoms with Gasteiger partial charge in [-0.25, -0.2) is 0 Å². The number of benzene rings is 7. The predicted octanol–water partition coefficient (Wildman–Crippen LogP) is 11.6. The van der Waals surface area contributed by atoms with Gasteiger partial charge in [-0.05, 0) is 52.6 Å². The van der Waals surface area contributed by atoms with E-state index in [1.165, 1.54) is 80.7 Å². The molecular formula is C40H25NS. The van der Waals surface area contributed by atoms with Gasteiger partial charge in [-0.15, -0.1) is 11.3 Å². The molecule has 0 aliphatic heterocycles. The Kier molecular flexibility index (Phi) is 5.13. The molecule has 2 heterocycles. The minimum absolute atomic E-state index is 1.18. The Morgan fingerprint density at radius 1 is 0.405 bits per heavy atom. The van der Waals surface area contributed by atoms with Crippen LogP contribution in [0.25, 0.3) is 80.7 Å². The predicted molar refractivity (Wildman–Crippen MR) is 182 cm³/mol. The van der Waals surface area contributed by atoms with Crippen molar-refractivity contribution in [2.45, 2.75) is 0 Å². The lowest BCUT2D eigenvalue weighted by Crippen LogP contribution is -1.94. The monoisotopic (exact) mass is 551 g/mol. The molecule has 0 unspecified atom stereocenters. The van der Waals surface area contributed by atoms with Gasteiger partial charge in [0.05, 0.1) is 11.0 Å². The molecule has 0 N–H and O–H groups in total. The van der Waals surface area contributed by atoms with Crippen LogP contribution >= 0.6 is 11.3 Å². The average molecular weight is 552 g/mol. The first-order valence-corrected chi connectivity index (χ1v) is 15.2. The Morgan fingerprint density at radius 2 is 1.00 bits per heavy atom. The standard InChI is InChI=1S/C40H25NS/c1-4-12-26(13-5-1)28-21-23-36-34(24-28)38-37-33-22-20-29(27-14-6-2-7-15-27)25-35(33)41(30-16-8-3-9-17-30)39(37)31-18-10-11-19-32(31)40(38)42-36/h1-25H. The smallest absolute Gasteiger partial charge is 0.0626 e. The maximum absolute atomic E-state index is 2.49. The average Bonchev–Trinajstić information content (AvgIpc) is 3.62. The van der Waals surface area contributed by atoms with Gasteiger partial charge in [0, 0.05) is 47.4 Å². The molecule has 0 fully saturated rings. The summed E-state index contributed by atoms with van der Waals surface area (Å²) in [6.07, 6.45) is 0. The van der Waals surface area contributed by atoms with Crippen molar-refractivity contribution >= 4 is 64.1 Å². The summed E-state index contributed by atoms with van der Waals surface area (Å²) in [6, 6.07) is 55.2. The zero-order valence-electron chi connectivity index (χ0n) is 22.8. The van der Waals surface area contributed by atoms with Gasteiger partial charge in [0.25, 0.3) is 0 Å². The van der Waals surface area contributed by atoms with Gasteiger partial charge in [-0.3, -0.25) is 0 Å². The molecule has 196 valence electrons. The fourth-order valence-corrected chi connectivity index (χ4v) is 7.91.